The summed E-state index contributed by atoms with van der Waals surface area (Å²) < 4.78 is 5.04. The molecule has 0 aromatic heterocycles. The molecule has 1 fully saturated rings. The Morgan fingerprint density at radius 1 is 1.50 bits per heavy atom. The van der Waals surface area contributed by atoms with Gasteiger partial charge >= 0.3 is 12.1 Å². The second-order valence-electron chi connectivity index (χ2n) is 5.21. The van der Waals surface area contributed by atoms with Crippen LogP contribution >= 0.6 is 0 Å². The molecule has 2 atom stereocenters. The fraction of sp³-hybridized carbons (Fsp3) is 0.818. The molecule has 0 unspecified atom stereocenters. The highest BCUT2D eigenvalue weighted by Crippen LogP contribution is 2.46. The average Bonchev–Trinajstić information content (AvgIpc) is 2.76. The van der Waals surface area contributed by atoms with Crippen molar-refractivity contribution in [2.75, 3.05) is 0 Å². The Morgan fingerprint density at radius 3 is 2.38 bits per heavy atom. The highest BCUT2D eigenvalue weighted by atomic mass is 16.6. The van der Waals surface area contributed by atoms with Crippen LogP contribution in [0.1, 0.15) is 40.5 Å². The van der Waals surface area contributed by atoms with E-state index < -0.39 is 23.2 Å². The largest absolute Gasteiger partial charge is 0.479 e. The second-order valence-corrected chi connectivity index (χ2v) is 5.21. The summed E-state index contributed by atoms with van der Waals surface area (Å²) in [6.45, 7) is 7.13. The highest BCUT2D eigenvalue weighted by molar-refractivity contribution is 5.88. The van der Waals surface area contributed by atoms with Crippen molar-refractivity contribution in [3.63, 3.8) is 0 Å². The molecule has 0 aliphatic heterocycles. The van der Waals surface area contributed by atoms with Gasteiger partial charge < -0.3 is 15.2 Å². The lowest BCUT2D eigenvalue weighted by atomic mass is 10.1. The van der Waals surface area contributed by atoms with Gasteiger partial charge in [-0.25, -0.2) is 9.59 Å². The van der Waals surface area contributed by atoms with E-state index in [0.29, 0.717) is 6.42 Å². The van der Waals surface area contributed by atoms with Gasteiger partial charge in [0.05, 0.1) is 0 Å². The maximum absolute atomic E-state index is 11.5. The molecule has 1 amide bonds. The minimum Gasteiger partial charge on any atom is -0.479 e. The number of hydrogen-bond donors (Lipinski definition) is 2. The van der Waals surface area contributed by atoms with Crippen LogP contribution in [0.25, 0.3) is 0 Å². The number of carbonyl (C=O) groups excluding carboxylic acids is 1. The first-order valence-corrected chi connectivity index (χ1v) is 5.46. The van der Waals surface area contributed by atoms with Crippen LogP contribution < -0.4 is 5.32 Å². The summed E-state index contributed by atoms with van der Waals surface area (Å²) in [5, 5.41) is 11.5. The molecule has 92 valence electrons. The summed E-state index contributed by atoms with van der Waals surface area (Å²) in [4.78, 5) is 22.6. The smallest absolute Gasteiger partial charge is 0.408 e. The van der Waals surface area contributed by atoms with Crippen LogP contribution in [-0.4, -0.2) is 28.3 Å². The summed E-state index contributed by atoms with van der Waals surface area (Å²) in [5.41, 5.74) is -1.71. The lowest BCUT2D eigenvalue weighted by Crippen LogP contribution is -2.46. The molecule has 2 N–H and O–H groups in total. The van der Waals surface area contributed by atoms with Gasteiger partial charge in [0.15, 0.2) is 0 Å². The van der Waals surface area contributed by atoms with E-state index in [1.807, 2.05) is 6.92 Å². The van der Waals surface area contributed by atoms with Crippen molar-refractivity contribution in [3.05, 3.63) is 0 Å². The Hall–Kier alpha value is -1.26. The molecule has 1 aliphatic carbocycles. The lowest BCUT2D eigenvalue weighted by Gasteiger charge is -2.22. The van der Waals surface area contributed by atoms with E-state index in [2.05, 4.69) is 5.32 Å². The van der Waals surface area contributed by atoms with Crippen molar-refractivity contribution < 1.29 is 19.4 Å². The van der Waals surface area contributed by atoms with Crippen molar-refractivity contribution in [1.82, 2.24) is 5.32 Å². The Morgan fingerprint density at radius 2 is 2.06 bits per heavy atom. The molecular formula is C11H19NO4. The van der Waals surface area contributed by atoms with Crippen LogP contribution in [0, 0.1) is 5.92 Å². The molecule has 5 heteroatoms. The minimum atomic E-state index is -1.10. The van der Waals surface area contributed by atoms with E-state index >= 15 is 0 Å². The van der Waals surface area contributed by atoms with E-state index in [1.54, 1.807) is 20.8 Å². The van der Waals surface area contributed by atoms with Gasteiger partial charge in [-0.3, -0.25) is 0 Å². The Bertz CT molecular complexity index is 308. The van der Waals surface area contributed by atoms with Gasteiger partial charge in [-0.05, 0) is 33.1 Å². The molecule has 5 nitrogen and oxygen atoms in total. The third-order valence-electron chi connectivity index (χ3n) is 2.70. The number of hydrogen-bond acceptors (Lipinski definition) is 3. The Kier molecular flexibility index (Phi) is 3.17. The van der Waals surface area contributed by atoms with E-state index in [-0.39, 0.29) is 5.92 Å². The maximum Gasteiger partial charge on any atom is 0.408 e. The van der Waals surface area contributed by atoms with Crippen molar-refractivity contribution in [2.45, 2.75) is 51.7 Å². The van der Waals surface area contributed by atoms with Crippen molar-refractivity contribution >= 4 is 12.1 Å². The van der Waals surface area contributed by atoms with Crippen LogP contribution in [0.3, 0.4) is 0 Å². The predicted octanol–water partition coefficient (Wildman–Crippen LogP) is 1.76. The summed E-state index contributed by atoms with van der Waals surface area (Å²) >= 11 is 0. The zero-order valence-electron chi connectivity index (χ0n) is 10.2. The fourth-order valence-corrected chi connectivity index (χ4v) is 1.78. The Labute approximate surface area is 95.2 Å². The summed E-state index contributed by atoms with van der Waals surface area (Å²) in [5.74, 6) is -0.970. The van der Waals surface area contributed by atoms with Crippen LogP contribution in [0.2, 0.25) is 0 Å². The zero-order chi connectivity index (χ0) is 12.6. The van der Waals surface area contributed by atoms with Crippen molar-refractivity contribution in [2.24, 2.45) is 5.92 Å². The normalized spacial score (nSPS) is 28.4. The molecule has 0 saturated heterocycles. The monoisotopic (exact) mass is 229 g/mol. The minimum absolute atomic E-state index is 0.0116. The Balaban J connectivity index is 2.59. The third-order valence-corrected chi connectivity index (χ3v) is 2.70. The number of rotatable bonds is 3. The van der Waals surface area contributed by atoms with Gasteiger partial charge in [0.2, 0.25) is 0 Å². The average molecular weight is 229 g/mol. The van der Waals surface area contributed by atoms with E-state index in [1.165, 1.54) is 0 Å². The molecule has 0 spiro atoms. The fourth-order valence-electron chi connectivity index (χ4n) is 1.78. The van der Waals surface area contributed by atoms with Gasteiger partial charge in [-0.2, -0.15) is 0 Å². The van der Waals surface area contributed by atoms with Crippen LogP contribution in [0.4, 0.5) is 4.79 Å². The molecule has 1 aliphatic rings. The number of carboxylic acid groups (broad SMARTS) is 1. The van der Waals surface area contributed by atoms with Crippen LogP contribution in [0.5, 0.6) is 0 Å². The number of alkyl carbamates (subject to hydrolysis) is 1. The van der Waals surface area contributed by atoms with Crippen molar-refractivity contribution in [3.8, 4) is 0 Å². The molecular weight excluding hydrogens is 210 g/mol. The van der Waals surface area contributed by atoms with Crippen LogP contribution in [-0.2, 0) is 9.53 Å². The molecule has 0 radical (unpaired) electrons. The quantitative estimate of drug-likeness (QED) is 0.773. The molecule has 0 heterocycles. The highest BCUT2D eigenvalue weighted by Gasteiger charge is 2.61. The predicted molar refractivity (Wildman–Crippen MR) is 58.1 cm³/mol. The van der Waals surface area contributed by atoms with Crippen LogP contribution in [0.15, 0.2) is 0 Å². The van der Waals surface area contributed by atoms with Gasteiger partial charge in [-0.1, -0.05) is 13.3 Å². The number of ether oxygens (including phenoxy) is 1. The van der Waals surface area contributed by atoms with Gasteiger partial charge in [0, 0.05) is 0 Å². The molecule has 0 bridgehead atoms. The van der Waals surface area contributed by atoms with E-state index in [0.717, 1.165) is 6.42 Å². The number of carboxylic acids is 1. The standard InChI is InChI=1S/C11H19NO4/c1-5-7-6-11(7,8(13)14)12-9(15)16-10(2,3)4/h7H,5-6H2,1-4H3,(H,12,15)(H,13,14)/t7-,11-/m0/s1. The van der Waals surface area contributed by atoms with E-state index in [4.69, 9.17) is 9.84 Å². The number of amides is 1. The summed E-state index contributed by atoms with van der Waals surface area (Å²) in [6.07, 6.45) is 0.561. The number of nitrogens with one attached hydrogen (secondary N) is 1. The van der Waals surface area contributed by atoms with Crippen molar-refractivity contribution in [1.29, 1.82) is 0 Å². The molecule has 1 rings (SSSR count). The first kappa shape index (κ1) is 12.8. The number of carbonyl (C=O) groups is 2. The molecule has 0 aromatic rings. The second kappa shape index (κ2) is 3.96. The summed E-state index contributed by atoms with van der Waals surface area (Å²) in [6, 6.07) is 0. The summed E-state index contributed by atoms with van der Waals surface area (Å²) in [7, 11) is 0. The molecule has 16 heavy (non-hydrogen) atoms. The maximum atomic E-state index is 11.5. The first-order chi connectivity index (χ1) is 7.21. The lowest BCUT2D eigenvalue weighted by molar-refractivity contribution is -0.141. The molecule has 1 saturated carbocycles. The molecule has 0 aromatic carbocycles. The van der Waals surface area contributed by atoms with Gasteiger partial charge in [0.1, 0.15) is 11.1 Å². The topological polar surface area (TPSA) is 75.6 Å². The first-order valence-electron chi connectivity index (χ1n) is 5.46. The third kappa shape index (κ3) is 2.65. The zero-order valence-corrected chi connectivity index (χ0v) is 10.2. The van der Waals surface area contributed by atoms with E-state index in [9.17, 15) is 9.59 Å². The van der Waals surface area contributed by atoms with Gasteiger partial charge in [0.25, 0.3) is 0 Å². The SMILES string of the molecule is CC[C@H]1C[C@@]1(NC(=O)OC(C)(C)C)C(=O)O. The number of aliphatic carboxylic acids is 1. The van der Waals surface area contributed by atoms with Gasteiger partial charge in [-0.15, -0.1) is 0 Å².